The maximum absolute atomic E-state index is 12.2. The number of carbonyl (C=O) groups excluding carboxylic acids is 1. The Bertz CT molecular complexity index is 807. The molecule has 0 bridgehead atoms. The van der Waals surface area contributed by atoms with Gasteiger partial charge in [0.2, 0.25) is 5.09 Å². The molecule has 0 radical (unpaired) electrons. The SMILES string of the molecule is CC(NC(=O)c1ccc(S(=O)(=O)NC(C)(C)C)o1)c1ccccn1. The van der Waals surface area contributed by atoms with Crippen molar-refractivity contribution in [3.8, 4) is 0 Å². The predicted octanol–water partition coefficient (Wildman–Crippen LogP) is 2.24. The second-order valence-electron chi connectivity index (χ2n) is 6.42. The first kappa shape index (κ1) is 18.2. The summed E-state index contributed by atoms with van der Waals surface area (Å²) in [5.74, 6) is -0.586. The molecule has 0 aliphatic carbocycles. The normalized spacial score (nSPS) is 13.5. The first-order valence-corrected chi connectivity index (χ1v) is 8.92. The number of pyridine rings is 1. The topological polar surface area (TPSA) is 101 Å². The van der Waals surface area contributed by atoms with Crippen LogP contribution < -0.4 is 10.0 Å². The van der Waals surface area contributed by atoms with Gasteiger partial charge in [0.05, 0.1) is 11.7 Å². The largest absolute Gasteiger partial charge is 0.438 e. The van der Waals surface area contributed by atoms with E-state index in [1.165, 1.54) is 12.1 Å². The van der Waals surface area contributed by atoms with Crippen LogP contribution in [0, 0.1) is 0 Å². The summed E-state index contributed by atoms with van der Waals surface area (Å²) in [7, 11) is -3.82. The summed E-state index contributed by atoms with van der Waals surface area (Å²) in [5.41, 5.74) is 0.0429. The fourth-order valence-electron chi connectivity index (χ4n) is 2.01. The van der Waals surface area contributed by atoms with Gasteiger partial charge in [-0.2, -0.15) is 0 Å². The third-order valence-electron chi connectivity index (χ3n) is 2.99. The average molecular weight is 351 g/mol. The molecular weight excluding hydrogens is 330 g/mol. The molecule has 7 nitrogen and oxygen atoms in total. The van der Waals surface area contributed by atoms with Crippen molar-refractivity contribution in [2.45, 2.75) is 44.4 Å². The van der Waals surface area contributed by atoms with E-state index >= 15 is 0 Å². The number of carbonyl (C=O) groups is 1. The average Bonchev–Trinajstić information content (AvgIpc) is 2.96. The van der Waals surface area contributed by atoms with E-state index in [-0.39, 0.29) is 16.9 Å². The molecule has 1 amide bonds. The van der Waals surface area contributed by atoms with Crippen molar-refractivity contribution in [3.63, 3.8) is 0 Å². The first-order chi connectivity index (χ1) is 11.1. The Hall–Kier alpha value is -2.19. The molecule has 24 heavy (non-hydrogen) atoms. The Morgan fingerprint density at radius 3 is 2.50 bits per heavy atom. The quantitative estimate of drug-likeness (QED) is 0.860. The minimum absolute atomic E-state index is 0.0768. The highest BCUT2D eigenvalue weighted by molar-refractivity contribution is 7.89. The van der Waals surface area contributed by atoms with Crippen LogP contribution in [0.1, 0.15) is 50.0 Å². The van der Waals surface area contributed by atoms with Crippen molar-refractivity contribution in [2.24, 2.45) is 0 Å². The fraction of sp³-hybridized carbons (Fsp3) is 0.375. The van der Waals surface area contributed by atoms with Crippen LogP contribution in [0.25, 0.3) is 0 Å². The second kappa shape index (κ2) is 6.74. The predicted molar refractivity (Wildman–Crippen MR) is 88.9 cm³/mol. The minimum atomic E-state index is -3.82. The highest BCUT2D eigenvalue weighted by Crippen LogP contribution is 2.17. The Labute approximate surface area is 141 Å². The molecule has 0 spiro atoms. The van der Waals surface area contributed by atoms with Crippen LogP contribution in [0.5, 0.6) is 0 Å². The number of rotatable bonds is 5. The highest BCUT2D eigenvalue weighted by Gasteiger charge is 2.26. The minimum Gasteiger partial charge on any atom is -0.438 e. The van der Waals surface area contributed by atoms with E-state index in [0.29, 0.717) is 5.69 Å². The molecule has 2 aromatic heterocycles. The molecule has 0 aliphatic rings. The number of amides is 1. The Kier molecular flexibility index (Phi) is 5.10. The number of sulfonamides is 1. The van der Waals surface area contributed by atoms with Crippen LogP contribution >= 0.6 is 0 Å². The van der Waals surface area contributed by atoms with Crippen LogP contribution in [-0.2, 0) is 10.0 Å². The summed E-state index contributed by atoms with van der Waals surface area (Å²) in [4.78, 5) is 16.4. The smallest absolute Gasteiger partial charge is 0.287 e. The zero-order valence-electron chi connectivity index (χ0n) is 14.0. The van der Waals surface area contributed by atoms with E-state index in [2.05, 4.69) is 15.0 Å². The molecule has 0 aliphatic heterocycles. The Morgan fingerprint density at radius 1 is 1.21 bits per heavy atom. The highest BCUT2D eigenvalue weighted by atomic mass is 32.2. The van der Waals surface area contributed by atoms with Gasteiger partial charge >= 0.3 is 0 Å². The lowest BCUT2D eigenvalue weighted by molar-refractivity contribution is 0.0905. The molecule has 2 N–H and O–H groups in total. The van der Waals surface area contributed by atoms with Crippen LogP contribution in [0.2, 0.25) is 0 Å². The summed E-state index contributed by atoms with van der Waals surface area (Å²) in [6.45, 7) is 6.93. The van der Waals surface area contributed by atoms with Crippen LogP contribution in [0.3, 0.4) is 0 Å². The summed E-state index contributed by atoms with van der Waals surface area (Å²) in [6, 6.07) is 7.64. The molecule has 0 saturated heterocycles. The van der Waals surface area contributed by atoms with Gasteiger partial charge in [-0.15, -0.1) is 0 Å². The van der Waals surface area contributed by atoms with Gasteiger partial charge in [0.1, 0.15) is 0 Å². The molecule has 0 fully saturated rings. The maximum Gasteiger partial charge on any atom is 0.287 e. The van der Waals surface area contributed by atoms with Gasteiger partial charge in [-0.1, -0.05) is 6.07 Å². The van der Waals surface area contributed by atoms with Crippen molar-refractivity contribution in [3.05, 3.63) is 48.0 Å². The van der Waals surface area contributed by atoms with Gasteiger partial charge in [0.25, 0.3) is 15.9 Å². The van der Waals surface area contributed by atoms with Crippen molar-refractivity contribution in [2.75, 3.05) is 0 Å². The number of aromatic nitrogens is 1. The van der Waals surface area contributed by atoms with Gasteiger partial charge in [-0.3, -0.25) is 9.78 Å². The van der Waals surface area contributed by atoms with Crippen molar-refractivity contribution >= 4 is 15.9 Å². The molecule has 0 aromatic carbocycles. The molecule has 2 heterocycles. The van der Waals surface area contributed by atoms with Gasteiger partial charge in [0, 0.05) is 11.7 Å². The zero-order chi connectivity index (χ0) is 18.0. The monoisotopic (exact) mass is 351 g/mol. The first-order valence-electron chi connectivity index (χ1n) is 7.44. The van der Waals surface area contributed by atoms with Crippen LogP contribution in [0.4, 0.5) is 0 Å². The van der Waals surface area contributed by atoms with E-state index in [1.54, 1.807) is 46.0 Å². The molecule has 2 rings (SSSR count). The van der Waals surface area contributed by atoms with E-state index in [9.17, 15) is 13.2 Å². The fourth-order valence-corrected chi connectivity index (χ4v) is 3.37. The number of hydrogen-bond donors (Lipinski definition) is 2. The second-order valence-corrected chi connectivity index (χ2v) is 8.04. The Morgan fingerprint density at radius 2 is 1.92 bits per heavy atom. The van der Waals surface area contributed by atoms with Gasteiger partial charge in [0.15, 0.2) is 5.76 Å². The van der Waals surface area contributed by atoms with E-state index in [4.69, 9.17) is 4.42 Å². The van der Waals surface area contributed by atoms with E-state index in [0.717, 1.165) is 0 Å². The lowest BCUT2D eigenvalue weighted by Crippen LogP contribution is -2.40. The number of nitrogens with one attached hydrogen (secondary N) is 2. The third-order valence-corrected chi connectivity index (χ3v) is 4.62. The summed E-state index contributed by atoms with van der Waals surface area (Å²) in [5, 5.41) is 2.42. The lowest BCUT2D eigenvalue weighted by Gasteiger charge is -2.19. The molecule has 1 atom stereocenters. The summed E-state index contributed by atoms with van der Waals surface area (Å²) < 4.78 is 32.0. The molecule has 130 valence electrons. The molecule has 1 unspecified atom stereocenters. The number of nitrogens with zero attached hydrogens (tertiary/aromatic N) is 1. The van der Waals surface area contributed by atoms with Gasteiger partial charge in [-0.25, -0.2) is 13.1 Å². The Balaban J connectivity index is 2.11. The van der Waals surface area contributed by atoms with Crippen LogP contribution in [0.15, 0.2) is 46.0 Å². The summed E-state index contributed by atoms with van der Waals surface area (Å²) in [6.07, 6.45) is 1.63. The molecular formula is C16H21N3O4S. The van der Waals surface area contributed by atoms with E-state index < -0.39 is 21.5 Å². The van der Waals surface area contributed by atoms with Crippen molar-refractivity contribution < 1.29 is 17.6 Å². The van der Waals surface area contributed by atoms with E-state index in [1.807, 2.05) is 6.07 Å². The molecule has 2 aromatic rings. The van der Waals surface area contributed by atoms with Crippen molar-refractivity contribution in [1.29, 1.82) is 0 Å². The molecule has 0 saturated carbocycles. The summed E-state index contributed by atoms with van der Waals surface area (Å²) >= 11 is 0. The number of furan rings is 1. The van der Waals surface area contributed by atoms with Gasteiger partial charge in [-0.05, 0) is 52.0 Å². The standard InChI is InChI=1S/C16H21N3O4S/c1-11(12-7-5-6-10-17-12)18-15(20)13-8-9-14(23-13)24(21,22)19-16(2,3)4/h5-11,19H,1-4H3,(H,18,20). The number of hydrogen-bond acceptors (Lipinski definition) is 5. The zero-order valence-corrected chi connectivity index (χ0v) is 14.8. The maximum atomic E-state index is 12.2. The van der Waals surface area contributed by atoms with Crippen molar-refractivity contribution in [1.82, 2.24) is 15.0 Å². The lowest BCUT2D eigenvalue weighted by atomic mass is 10.1. The molecule has 8 heteroatoms. The van der Waals surface area contributed by atoms with Crippen LogP contribution in [-0.4, -0.2) is 24.8 Å². The van der Waals surface area contributed by atoms with Gasteiger partial charge < -0.3 is 9.73 Å². The third kappa shape index (κ3) is 4.65.